The number of alkyl carbamates (subject to hydrolysis) is 1. The van der Waals surface area contributed by atoms with Crippen LogP contribution in [0.25, 0.3) is 0 Å². The number of nitrogens with zero attached hydrogens (tertiary/aromatic N) is 1. The van der Waals surface area contributed by atoms with Crippen LogP contribution in [0.1, 0.15) is 108 Å². The van der Waals surface area contributed by atoms with Gasteiger partial charge in [-0.2, -0.15) is 0 Å². The zero-order chi connectivity index (χ0) is 56.5. The smallest absolute Gasteiger partial charge is 0.408 e. The van der Waals surface area contributed by atoms with Crippen molar-refractivity contribution in [3.8, 4) is 0 Å². The topological polar surface area (TPSA) is 414 Å². The van der Waals surface area contributed by atoms with E-state index in [1.807, 2.05) is 0 Å². The molecule has 0 unspecified atom stereocenters. The second-order valence-electron chi connectivity index (χ2n) is 19.5. The molecular formula is C49H85N11O15. The molecule has 0 aromatic heterocycles. The van der Waals surface area contributed by atoms with Crippen molar-refractivity contribution in [3.63, 3.8) is 0 Å². The number of nitrogens with one attached hydrogen (secondary N) is 8. The summed E-state index contributed by atoms with van der Waals surface area (Å²) in [6.07, 6.45) is -3.61. The Morgan fingerprint density at radius 3 is 1.72 bits per heavy atom. The quantitative estimate of drug-likeness (QED) is 0.0163. The number of guanidine groups is 1. The molecule has 0 aliphatic rings. The molecule has 0 aliphatic heterocycles. The van der Waals surface area contributed by atoms with Crippen LogP contribution in [0.2, 0.25) is 0 Å². The fourth-order valence-electron chi connectivity index (χ4n) is 6.74. The Labute approximate surface area is 439 Å². The summed E-state index contributed by atoms with van der Waals surface area (Å²) >= 11 is 0. The summed E-state index contributed by atoms with van der Waals surface area (Å²) in [5, 5.41) is 60.4. The number of hydrogen-bond acceptors (Lipinski definition) is 16. The molecule has 1 rings (SSSR count). The first-order valence-electron chi connectivity index (χ1n) is 24.5. The fourth-order valence-corrected chi connectivity index (χ4v) is 6.74. The lowest BCUT2D eigenvalue weighted by molar-refractivity contribution is -0.150. The molecule has 0 bridgehead atoms. The minimum absolute atomic E-state index is 0. The van der Waals surface area contributed by atoms with Gasteiger partial charge in [-0.05, 0) is 70.3 Å². The first-order chi connectivity index (χ1) is 34.5. The lowest BCUT2D eigenvalue weighted by Crippen LogP contribution is -2.62. The van der Waals surface area contributed by atoms with Crippen molar-refractivity contribution in [2.24, 2.45) is 34.2 Å². The molecule has 1 aromatic rings. The highest BCUT2D eigenvalue weighted by Gasteiger charge is 2.38. The SMILES string of the molecule is C.CC[C@H](C)[C@H](NC(=O)[C@@H](CCCN=C(N)N)NC(=O)[C@H](CC(C)C)NC(=O)[C@@H](NC(=O)OC(C)(C)C)[C@H](O)C(C)C)C(=O)N[C@H](C(=O)NCC(=O)N[C@@H](CO)C(=O)N[C@@H](CO)C(=O)OCc1ccccc1)[C@H](C)O. The van der Waals surface area contributed by atoms with Gasteiger partial charge < -0.3 is 83.9 Å². The second-order valence-corrected chi connectivity index (χ2v) is 19.5. The van der Waals surface area contributed by atoms with Gasteiger partial charge in [0.1, 0.15) is 48.5 Å². The maximum atomic E-state index is 14.2. The minimum Gasteiger partial charge on any atom is -0.459 e. The molecule has 0 radical (unpaired) electrons. The monoisotopic (exact) mass is 1070 g/mol. The Kier molecular flexibility index (Phi) is 31.0. The van der Waals surface area contributed by atoms with Crippen LogP contribution >= 0.6 is 0 Å². The fraction of sp³-hybridized carbons (Fsp3) is 0.673. The van der Waals surface area contributed by atoms with E-state index in [0.717, 1.165) is 0 Å². The highest BCUT2D eigenvalue weighted by Crippen LogP contribution is 2.15. The van der Waals surface area contributed by atoms with Crippen LogP contribution in [0, 0.1) is 17.8 Å². The minimum atomic E-state index is -1.72. The summed E-state index contributed by atoms with van der Waals surface area (Å²) in [6.45, 7) is 13.3. The largest absolute Gasteiger partial charge is 0.459 e. The van der Waals surface area contributed by atoms with Gasteiger partial charge in [0.2, 0.25) is 41.4 Å². The standard InChI is InChI=1S/C48H81N11O15.CH4/c1-11-27(6)35(43(69)58-36(28(7)62)42(68)52-21-34(63)53-32(22-60)41(67)56-33(23-61)45(71)73-24-29-16-13-12-14-17-29)57-39(65)30(18-15-19-51-46(49)50)54-40(66)31(20-25(2)3)55-44(70)37(38(64)26(4)5)59-47(72)74-48(8,9)10;/h12-14,16-17,25-28,30-33,35-38,60-62,64H,11,15,18-24H2,1-10H3,(H,52,68)(H,53,63)(H,54,66)(H,55,70)(H,56,67)(H,57,65)(H,58,69)(H,59,72)(H4,49,50,51);1H4/t27-,28-,30+,31-,32-,33-,35-,36-,37-,38+;/m0./s1. The zero-order valence-corrected chi connectivity index (χ0v) is 44.1. The van der Waals surface area contributed by atoms with Gasteiger partial charge in [0.05, 0.1) is 32.0 Å². The summed E-state index contributed by atoms with van der Waals surface area (Å²) < 4.78 is 10.4. The van der Waals surface area contributed by atoms with Gasteiger partial charge in [-0.25, -0.2) is 9.59 Å². The average molecular weight is 1070 g/mol. The number of hydrogen-bond donors (Lipinski definition) is 14. The third-order valence-corrected chi connectivity index (χ3v) is 11.0. The molecule has 0 fully saturated rings. The lowest BCUT2D eigenvalue weighted by Gasteiger charge is -2.31. The molecule has 26 heteroatoms. The van der Waals surface area contributed by atoms with Crippen LogP contribution in [0.3, 0.4) is 0 Å². The van der Waals surface area contributed by atoms with E-state index in [2.05, 4.69) is 47.5 Å². The van der Waals surface area contributed by atoms with Crippen molar-refractivity contribution in [2.75, 3.05) is 26.3 Å². The average Bonchev–Trinajstić information content (AvgIpc) is 3.32. The first-order valence-corrected chi connectivity index (χ1v) is 24.5. The van der Waals surface area contributed by atoms with Crippen LogP contribution in [0.5, 0.6) is 0 Å². The molecule has 10 atom stereocenters. The molecule has 0 saturated carbocycles. The third kappa shape index (κ3) is 25.9. The second kappa shape index (κ2) is 34.0. The molecule has 0 spiro atoms. The van der Waals surface area contributed by atoms with Gasteiger partial charge in [0.15, 0.2) is 12.0 Å². The van der Waals surface area contributed by atoms with E-state index in [-0.39, 0.29) is 51.7 Å². The number of nitrogens with two attached hydrogens (primary N) is 2. The zero-order valence-electron chi connectivity index (χ0n) is 44.1. The number of aliphatic hydroxyl groups is 4. The number of carbonyl (C=O) groups excluding carboxylic acids is 9. The molecule has 8 amide bonds. The Morgan fingerprint density at radius 1 is 0.667 bits per heavy atom. The highest BCUT2D eigenvalue weighted by atomic mass is 16.6. The van der Waals surface area contributed by atoms with E-state index in [4.69, 9.17) is 20.9 Å². The lowest BCUT2D eigenvalue weighted by atomic mass is 9.96. The Hall–Kier alpha value is -6.64. The highest BCUT2D eigenvalue weighted by molar-refractivity contribution is 5.97. The molecule has 1 aromatic carbocycles. The van der Waals surface area contributed by atoms with Crippen molar-refractivity contribution in [2.45, 2.75) is 169 Å². The maximum Gasteiger partial charge on any atom is 0.408 e. The van der Waals surface area contributed by atoms with Crippen molar-refractivity contribution in [1.29, 1.82) is 0 Å². The summed E-state index contributed by atoms with van der Waals surface area (Å²) in [7, 11) is 0. The van der Waals surface area contributed by atoms with E-state index in [1.165, 1.54) is 6.92 Å². The molecule has 26 nitrogen and oxygen atoms in total. The molecule has 16 N–H and O–H groups in total. The maximum absolute atomic E-state index is 14.2. The van der Waals surface area contributed by atoms with Crippen LogP contribution in [0.4, 0.5) is 4.79 Å². The summed E-state index contributed by atoms with van der Waals surface area (Å²) in [5.74, 6) is -9.33. The van der Waals surface area contributed by atoms with Gasteiger partial charge >= 0.3 is 12.1 Å². The first kappa shape index (κ1) is 68.4. The van der Waals surface area contributed by atoms with Crippen molar-refractivity contribution >= 4 is 59.4 Å². The van der Waals surface area contributed by atoms with Gasteiger partial charge in [-0.3, -0.25) is 38.6 Å². The number of rotatable bonds is 31. The van der Waals surface area contributed by atoms with E-state index in [9.17, 15) is 63.6 Å². The van der Waals surface area contributed by atoms with Crippen LogP contribution in [-0.4, -0.2) is 166 Å². The number of carbonyl (C=O) groups is 9. The van der Waals surface area contributed by atoms with Crippen molar-refractivity contribution in [3.05, 3.63) is 35.9 Å². The van der Waals surface area contributed by atoms with Gasteiger partial charge in [0.25, 0.3) is 0 Å². The molecular weight excluding hydrogens is 983 g/mol. The van der Waals surface area contributed by atoms with Gasteiger partial charge in [0, 0.05) is 6.54 Å². The predicted octanol–water partition coefficient (Wildman–Crippen LogP) is -2.19. The summed E-state index contributed by atoms with van der Waals surface area (Å²) in [6, 6.07) is -2.03. The number of amides is 8. The van der Waals surface area contributed by atoms with E-state index >= 15 is 0 Å². The van der Waals surface area contributed by atoms with Gasteiger partial charge in [-0.1, -0.05) is 85.7 Å². The summed E-state index contributed by atoms with van der Waals surface area (Å²) in [4.78, 5) is 124. The van der Waals surface area contributed by atoms with Crippen molar-refractivity contribution in [1.82, 2.24) is 42.5 Å². The Morgan fingerprint density at radius 2 is 1.20 bits per heavy atom. The molecule has 0 saturated heterocycles. The number of benzene rings is 1. The van der Waals surface area contributed by atoms with Gasteiger partial charge in [-0.15, -0.1) is 0 Å². The van der Waals surface area contributed by atoms with Crippen LogP contribution < -0.4 is 54.0 Å². The number of aliphatic imine (C=N–C) groups is 1. The molecule has 75 heavy (non-hydrogen) atoms. The molecule has 0 aliphatic carbocycles. The van der Waals surface area contributed by atoms with E-state index in [1.54, 1.807) is 92.6 Å². The van der Waals surface area contributed by atoms with Crippen LogP contribution in [0.15, 0.2) is 35.3 Å². The normalized spacial score (nSPS) is 15.2. The summed E-state index contributed by atoms with van der Waals surface area (Å²) in [5.41, 5.74) is 10.7. The van der Waals surface area contributed by atoms with E-state index < -0.39 is 145 Å². The third-order valence-electron chi connectivity index (χ3n) is 11.0. The number of ether oxygens (including phenoxy) is 2. The Balaban J connectivity index is 0.0000548. The Bertz CT molecular complexity index is 2030. The van der Waals surface area contributed by atoms with Crippen molar-refractivity contribution < 1.29 is 73.1 Å². The predicted molar refractivity (Wildman–Crippen MR) is 276 cm³/mol. The number of aliphatic hydroxyl groups excluding tert-OH is 4. The molecule has 426 valence electrons. The van der Waals surface area contributed by atoms with E-state index in [0.29, 0.717) is 12.0 Å². The van der Waals surface area contributed by atoms with Crippen LogP contribution in [-0.2, 0) is 54.4 Å². The number of esters is 1. The molecule has 0 heterocycles.